The van der Waals surface area contributed by atoms with Crippen LogP contribution in [0.5, 0.6) is 11.5 Å². The third kappa shape index (κ3) is 6.52. The van der Waals surface area contributed by atoms with E-state index in [1.165, 1.54) is 6.21 Å². The predicted octanol–water partition coefficient (Wildman–Crippen LogP) is 4.81. The number of hydrazone groups is 1. The summed E-state index contributed by atoms with van der Waals surface area (Å²) in [6.45, 7) is 3.64. The molecular weight excluding hydrogens is 460 g/mol. The molecule has 0 aromatic heterocycles. The van der Waals surface area contributed by atoms with E-state index in [-0.39, 0.29) is 6.61 Å². The smallest absolute Gasteiger partial charge is 0.343 e. The number of esters is 1. The highest BCUT2D eigenvalue weighted by Crippen LogP contribution is 2.23. The van der Waals surface area contributed by atoms with Crippen LogP contribution in [0.15, 0.2) is 76.3 Å². The number of nitrogens with zero attached hydrogens (tertiary/aromatic N) is 1. The number of hydrogen-bond acceptors (Lipinski definition) is 5. The molecule has 1 N–H and O–H groups in total. The quantitative estimate of drug-likeness (QED) is 0.227. The summed E-state index contributed by atoms with van der Waals surface area (Å²) in [6, 6.07) is 19.7. The topological polar surface area (TPSA) is 77.0 Å². The van der Waals surface area contributed by atoms with Crippen molar-refractivity contribution in [2.24, 2.45) is 5.10 Å². The van der Waals surface area contributed by atoms with E-state index < -0.39 is 11.9 Å². The number of halogens is 1. The van der Waals surface area contributed by atoms with Gasteiger partial charge < -0.3 is 9.47 Å². The second kappa shape index (κ2) is 10.5. The molecule has 3 aromatic rings. The van der Waals surface area contributed by atoms with E-state index in [9.17, 15) is 9.59 Å². The first-order valence-corrected chi connectivity index (χ1v) is 10.3. The Morgan fingerprint density at radius 1 is 1.03 bits per heavy atom. The van der Waals surface area contributed by atoms with Crippen molar-refractivity contribution in [1.29, 1.82) is 0 Å². The Hall–Kier alpha value is -3.45. The molecule has 0 fully saturated rings. The van der Waals surface area contributed by atoms with Gasteiger partial charge in [0.25, 0.3) is 5.91 Å². The second-order valence-corrected chi connectivity index (χ2v) is 7.70. The summed E-state index contributed by atoms with van der Waals surface area (Å²) in [5.41, 5.74) is 5.33. The number of ether oxygens (including phenoxy) is 2. The number of rotatable bonds is 7. The normalized spacial score (nSPS) is 10.7. The molecule has 0 aliphatic heterocycles. The molecule has 158 valence electrons. The van der Waals surface area contributed by atoms with Crippen molar-refractivity contribution in [3.63, 3.8) is 0 Å². The van der Waals surface area contributed by atoms with Crippen LogP contribution in [0, 0.1) is 13.8 Å². The molecule has 0 atom stereocenters. The Bertz CT molecular complexity index is 1110. The molecule has 31 heavy (non-hydrogen) atoms. The lowest BCUT2D eigenvalue weighted by Crippen LogP contribution is -2.24. The SMILES string of the molecule is Cc1ccc(OCC(=O)N/N=C/c2cc(Br)ccc2OC(=O)c2ccccc2C)cc1. The van der Waals surface area contributed by atoms with Gasteiger partial charge in [-0.15, -0.1) is 0 Å². The highest BCUT2D eigenvalue weighted by molar-refractivity contribution is 9.10. The van der Waals surface area contributed by atoms with Crippen molar-refractivity contribution in [1.82, 2.24) is 5.43 Å². The molecule has 0 radical (unpaired) electrons. The molecule has 3 rings (SSSR count). The van der Waals surface area contributed by atoms with Gasteiger partial charge in [0, 0.05) is 10.0 Å². The van der Waals surface area contributed by atoms with Gasteiger partial charge in [-0.25, -0.2) is 10.2 Å². The standard InChI is InChI=1S/C24H21BrN2O4/c1-16-7-10-20(11-8-16)30-15-23(28)27-26-14-18-13-19(25)9-12-22(18)31-24(29)21-6-4-3-5-17(21)2/h3-14H,15H2,1-2H3,(H,27,28)/b26-14+. The fourth-order valence-electron chi connectivity index (χ4n) is 2.66. The third-order valence-electron chi connectivity index (χ3n) is 4.32. The lowest BCUT2D eigenvalue weighted by molar-refractivity contribution is -0.123. The second-order valence-electron chi connectivity index (χ2n) is 6.78. The molecule has 0 bridgehead atoms. The summed E-state index contributed by atoms with van der Waals surface area (Å²) >= 11 is 3.39. The number of aryl methyl sites for hydroxylation is 2. The van der Waals surface area contributed by atoms with Gasteiger partial charge in [-0.1, -0.05) is 51.8 Å². The molecule has 0 saturated carbocycles. The average molecular weight is 481 g/mol. The minimum Gasteiger partial charge on any atom is -0.484 e. The highest BCUT2D eigenvalue weighted by atomic mass is 79.9. The Kier molecular flexibility index (Phi) is 7.56. The molecule has 6 nitrogen and oxygen atoms in total. The van der Waals surface area contributed by atoms with Gasteiger partial charge in [-0.2, -0.15) is 5.10 Å². The first-order chi connectivity index (χ1) is 14.9. The van der Waals surface area contributed by atoms with E-state index in [1.807, 2.05) is 38.1 Å². The van der Waals surface area contributed by atoms with E-state index in [1.54, 1.807) is 42.5 Å². The van der Waals surface area contributed by atoms with E-state index in [4.69, 9.17) is 9.47 Å². The number of benzene rings is 3. The van der Waals surface area contributed by atoms with Crippen molar-refractivity contribution in [2.45, 2.75) is 13.8 Å². The lowest BCUT2D eigenvalue weighted by atomic mass is 10.1. The summed E-state index contributed by atoms with van der Waals surface area (Å²) in [5.74, 6) is 0.0448. The van der Waals surface area contributed by atoms with Crippen LogP contribution in [-0.4, -0.2) is 24.7 Å². The predicted molar refractivity (Wildman–Crippen MR) is 123 cm³/mol. The van der Waals surface area contributed by atoms with Crippen LogP contribution in [0.2, 0.25) is 0 Å². The average Bonchev–Trinajstić information content (AvgIpc) is 2.75. The largest absolute Gasteiger partial charge is 0.484 e. The Morgan fingerprint density at radius 3 is 2.52 bits per heavy atom. The zero-order chi connectivity index (χ0) is 22.2. The molecule has 0 heterocycles. The van der Waals surface area contributed by atoms with Crippen molar-refractivity contribution >= 4 is 34.0 Å². The number of nitrogens with one attached hydrogen (secondary N) is 1. The Balaban J connectivity index is 1.62. The van der Waals surface area contributed by atoms with Crippen molar-refractivity contribution in [3.05, 3.63) is 93.5 Å². The molecule has 1 amide bonds. The summed E-state index contributed by atoms with van der Waals surface area (Å²) in [5, 5.41) is 3.95. The van der Waals surface area contributed by atoms with Gasteiger partial charge in [0.2, 0.25) is 0 Å². The minimum absolute atomic E-state index is 0.173. The van der Waals surface area contributed by atoms with Gasteiger partial charge in [0.15, 0.2) is 6.61 Å². The maximum Gasteiger partial charge on any atom is 0.343 e. The highest BCUT2D eigenvalue weighted by Gasteiger charge is 2.13. The van der Waals surface area contributed by atoms with Gasteiger partial charge in [0.05, 0.1) is 11.8 Å². The fraction of sp³-hybridized carbons (Fsp3) is 0.125. The summed E-state index contributed by atoms with van der Waals surface area (Å²) in [4.78, 5) is 24.5. The molecule has 0 saturated heterocycles. The molecule has 7 heteroatoms. The Morgan fingerprint density at radius 2 is 1.77 bits per heavy atom. The van der Waals surface area contributed by atoms with Gasteiger partial charge >= 0.3 is 5.97 Å². The van der Waals surface area contributed by atoms with E-state index in [0.717, 1.165) is 15.6 Å². The van der Waals surface area contributed by atoms with Crippen LogP contribution in [0.3, 0.4) is 0 Å². The maximum atomic E-state index is 12.5. The summed E-state index contributed by atoms with van der Waals surface area (Å²) in [7, 11) is 0. The molecule has 0 aliphatic rings. The van der Waals surface area contributed by atoms with Crippen LogP contribution < -0.4 is 14.9 Å². The van der Waals surface area contributed by atoms with Crippen LogP contribution in [-0.2, 0) is 4.79 Å². The van der Waals surface area contributed by atoms with Crippen LogP contribution >= 0.6 is 15.9 Å². The van der Waals surface area contributed by atoms with Crippen LogP contribution in [0.1, 0.15) is 27.0 Å². The van der Waals surface area contributed by atoms with Gasteiger partial charge in [0.1, 0.15) is 11.5 Å². The van der Waals surface area contributed by atoms with Crippen molar-refractivity contribution in [2.75, 3.05) is 6.61 Å². The molecular formula is C24H21BrN2O4. The zero-order valence-electron chi connectivity index (χ0n) is 17.1. The first-order valence-electron chi connectivity index (χ1n) is 9.51. The molecule has 0 spiro atoms. The number of hydrogen-bond donors (Lipinski definition) is 1. The summed E-state index contributed by atoms with van der Waals surface area (Å²) in [6.07, 6.45) is 1.41. The van der Waals surface area contributed by atoms with E-state index in [0.29, 0.717) is 22.6 Å². The fourth-order valence-corrected chi connectivity index (χ4v) is 3.04. The van der Waals surface area contributed by atoms with E-state index >= 15 is 0 Å². The molecule has 0 aliphatic carbocycles. The van der Waals surface area contributed by atoms with Crippen molar-refractivity contribution in [3.8, 4) is 11.5 Å². The maximum absolute atomic E-state index is 12.5. The number of carbonyl (C=O) groups excluding carboxylic acids is 2. The Labute approximate surface area is 189 Å². The zero-order valence-corrected chi connectivity index (χ0v) is 18.7. The number of carbonyl (C=O) groups is 2. The van der Waals surface area contributed by atoms with Gasteiger partial charge in [-0.3, -0.25) is 4.79 Å². The monoisotopic (exact) mass is 480 g/mol. The van der Waals surface area contributed by atoms with Gasteiger partial charge in [-0.05, 0) is 55.8 Å². The van der Waals surface area contributed by atoms with Crippen LogP contribution in [0.4, 0.5) is 0 Å². The lowest BCUT2D eigenvalue weighted by Gasteiger charge is -2.09. The number of amides is 1. The molecule has 3 aromatic carbocycles. The van der Waals surface area contributed by atoms with Crippen LogP contribution in [0.25, 0.3) is 0 Å². The first kappa shape index (κ1) is 22.2. The summed E-state index contributed by atoms with van der Waals surface area (Å²) < 4.78 is 11.7. The molecule has 0 unspecified atom stereocenters. The third-order valence-corrected chi connectivity index (χ3v) is 4.82. The van der Waals surface area contributed by atoms with E-state index in [2.05, 4.69) is 26.5 Å². The minimum atomic E-state index is -0.467. The van der Waals surface area contributed by atoms with Crippen molar-refractivity contribution < 1.29 is 19.1 Å².